The average Bonchev–Trinajstić information content (AvgIpc) is 3.10. The third-order valence-electron chi connectivity index (χ3n) is 3.30. The van der Waals surface area contributed by atoms with Gasteiger partial charge in [-0.3, -0.25) is 4.99 Å². The zero-order valence-corrected chi connectivity index (χ0v) is 12.4. The normalized spacial score (nSPS) is 14.4. The molecule has 1 aromatic heterocycles. The molecule has 2 aromatic rings. The lowest BCUT2D eigenvalue weighted by Crippen LogP contribution is -2.36. The van der Waals surface area contributed by atoms with Gasteiger partial charge >= 0.3 is 0 Å². The highest BCUT2D eigenvalue weighted by molar-refractivity contribution is 7.13. The van der Waals surface area contributed by atoms with Gasteiger partial charge in [-0.1, -0.05) is 30.3 Å². The van der Waals surface area contributed by atoms with Crippen molar-refractivity contribution in [1.82, 2.24) is 15.2 Å². The minimum absolute atomic E-state index is 0.876. The number of aliphatic imine (C=N–C) groups is 1. The molecule has 0 fully saturated rings. The maximum Gasteiger partial charge on any atom is 0.193 e. The minimum Gasteiger partial charge on any atom is -0.356 e. The Morgan fingerprint density at radius 1 is 1.30 bits per heavy atom. The van der Waals surface area contributed by atoms with Gasteiger partial charge in [-0.25, -0.2) is 4.98 Å². The summed E-state index contributed by atoms with van der Waals surface area (Å²) in [4.78, 5) is 11.3. The lowest BCUT2D eigenvalue weighted by Gasteiger charge is -2.14. The van der Waals surface area contributed by atoms with Crippen molar-refractivity contribution in [3.05, 3.63) is 41.4 Å². The van der Waals surface area contributed by atoms with Crippen LogP contribution in [0.3, 0.4) is 0 Å². The molecule has 104 valence electrons. The van der Waals surface area contributed by atoms with Crippen LogP contribution in [0.25, 0.3) is 10.6 Å². The van der Waals surface area contributed by atoms with Crippen LogP contribution in [0.2, 0.25) is 0 Å². The molecule has 0 amide bonds. The summed E-state index contributed by atoms with van der Waals surface area (Å²) >= 11 is 1.71. The number of guanidine groups is 1. The average molecular weight is 286 g/mol. The second kappa shape index (κ2) is 6.05. The van der Waals surface area contributed by atoms with Crippen molar-refractivity contribution in [2.45, 2.75) is 6.42 Å². The number of hydrogen-bond acceptors (Lipinski definition) is 5. The minimum atomic E-state index is 0.876. The Bertz CT molecular complexity index is 591. The molecule has 1 aromatic carbocycles. The Morgan fingerprint density at radius 3 is 2.90 bits per heavy atom. The number of benzene rings is 1. The molecular formula is C15H18N4S. The van der Waals surface area contributed by atoms with Crippen molar-refractivity contribution < 1.29 is 0 Å². The van der Waals surface area contributed by atoms with Crippen molar-refractivity contribution in [3.8, 4) is 10.6 Å². The van der Waals surface area contributed by atoms with Crippen molar-refractivity contribution >= 4 is 17.3 Å². The van der Waals surface area contributed by atoms with Gasteiger partial charge in [0.2, 0.25) is 0 Å². The van der Waals surface area contributed by atoms with Gasteiger partial charge in [-0.15, -0.1) is 11.3 Å². The third kappa shape index (κ3) is 2.99. The van der Waals surface area contributed by atoms with E-state index in [1.165, 1.54) is 5.56 Å². The quantitative estimate of drug-likeness (QED) is 0.937. The van der Waals surface area contributed by atoms with Crippen molar-refractivity contribution in [1.29, 1.82) is 0 Å². The topological polar surface area (TPSA) is 40.5 Å². The number of aromatic nitrogens is 1. The number of nitrogens with one attached hydrogen (secondary N) is 1. The SMILES string of the molecule is CN1CCN=C1NCCc1csc(-c2ccccc2)n1. The summed E-state index contributed by atoms with van der Waals surface area (Å²) in [6, 6.07) is 10.3. The molecule has 5 heteroatoms. The fourth-order valence-electron chi connectivity index (χ4n) is 2.16. The highest BCUT2D eigenvalue weighted by Crippen LogP contribution is 2.23. The van der Waals surface area contributed by atoms with Gasteiger partial charge in [0.1, 0.15) is 5.01 Å². The number of rotatable bonds is 4. The van der Waals surface area contributed by atoms with Crippen molar-refractivity contribution in [2.24, 2.45) is 4.99 Å². The van der Waals surface area contributed by atoms with Gasteiger partial charge < -0.3 is 10.2 Å². The van der Waals surface area contributed by atoms with Crippen LogP contribution in [0, 0.1) is 0 Å². The molecule has 1 N–H and O–H groups in total. The van der Waals surface area contributed by atoms with Crippen LogP contribution in [0.4, 0.5) is 0 Å². The molecule has 0 radical (unpaired) electrons. The lowest BCUT2D eigenvalue weighted by molar-refractivity contribution is 0.534. The molecule has 2 heterocycles. The van der Waals surface area contributed by atoms with Crippen molar-refractivity contribution in [2.75, 3.05) is 26.7 Å². The Balaban J connectivity index is 1.55. The highest BCUT2D eigenvalue weighted by atomic mass is 32.1. The van der Waals surface area contributed by atoms with E-state index in [4.69, 9.17) is 0 Å². The monoisotopic (exact) mass is 286 g/mol. The summed E-state index contributed by atoms with van der Waals surface area (Å²) in [5.41, 5.74) is 2.33. The largest absolute Gasteiger partial charge is 0.356 e. The van der Waals surface area contributed by atoms with E-state index >= 15 is 0 Å². The zero-order chi connectivity index (χ0) is 13.8. The van der Waals surface area contributed by atoms with Gasteiger partial charge in [0.25, 0.3) is 0 Å². The van der Waals surface area contributed by atoms with Gasteiger partial charge in [0.15, 0.2) is 5.96 Å². The molecule has 4 nitrogen and oxygen atoms in total. The highest BCUT2D eigenvalue weighted by Gasteiger charge is 2.11. The molecule has 1 aliphatic heterocycles. The first kappa shape index (κ1) is 13.1. The molecule has 1 aliphatic rings. The standard InChI is InChI=1S/C15H18N4S/c1-19-10-9-17-15(19)16-8-7-13-11-20-14(18-13)12-5-3-2-4-6-12/h2-6,11H,7-10H2,1H3,(H,16,17). The first-order valence-corrected chi connectivity index (χ1v) is 7.70. The molecule has 0 atom stereocenters. The van der Waals surface area contributed by atoms with E-state index in [0.29, 0.717) is 0 Å². The summed E-state index contributed by atoms with van der Waals surface area (Å²) in [6.45, 7) is 2.78. The van der Waals surface area contributed by atoms with Crippen LogP contribution >= 0.6 is 11.3 Å². The summed E-state index contributed by atoms with van der Waals surface area (Å²) in [7, 11) is 2.06. The molecule has 0 unspecified atom stereocenters. The van der Waals surface area contributed by atoms with Gasteiger partial charge in [0, 0.05) is 37.5 Å². The molecule has 0 saturated carbocycles. The molecule has 0 aliphatic carbocycles. The Labute approximate surface area is 123 Å². The first-order valence-electron chi connectivity index (χ1n) is 6.82. The molecule has 0 spiro atoms. The van der Waals surface area contributed by atoms with E-state index in [2.05, 4.69) is 44.8 Å². The summed E-state index contributed by atoms with van der Waals surface area (Å²) in [5, 5.41) is 6.61. The van der Waals surface area contributed by atoms with E-state index in [1.807, 2.05) is 18.2 Å². The van der Waals surface area contributed by atoms with E-state index in [9.17, 15) is 0 Å². The van der Waals surface area contributed by atoms with Gasteiger partial charge in [0.05, 0.1) is 12.2 Å². The number of thiazole rings is 1. The van der Waals surface area contributed by atoms with Crippen LogP contribution in [0.1, 0.15) is 5.69 Å². The van der Waals surface area contributed by atoms with E-state index in [1.54, 1.807) is 11.3 Å². The van der Waals surface area contributed by atoms with E-state index in [0.717, 1.165) is 42.7 Å². The Hall–Kier alpha value is -1.88. The molecule has 20 heavy (non-hydrogen) atoms. The van der Waals surface area contributed by atoms with Crippen LogP contribution in [0.5, 0.6) is 0 Å². The van der Waals surface area contributed by atoms with Crippen LogP contribution in [-0.4, -0.2) is 42.5 Å². The number of likely N-dealkylation sites (N-methyl/N-ethyl adjacent to an activating group) is 1. The van der Waals surface area contributed by atoms with Crippen molar-refractivity contribution in [3.63, 3.8) is 0 Å². The summed E-state index contributed by atoms with van der Waals surface area (Å²) in [6.07, 6.45) is 0.927. The maximum atomic E-state index is 4.69. The first-order chi connectivity index (χ1) is 9.83. The second-order valence-corrected chi connectivity index (χ2v) is 5.67. The second-order valence-electron chi connectivity index (χ2n) is 4.81. The van der Waals surface area contributed by atoms with Gasteiger partial charge in [-0.05, 0) is 0 Å². The fourth-order valence-corrected chi connectivity index (χ4v) is 3.02. The Kier molecular flexibility index (Phi) is 3.97. The Morgan fingerprint density at radius 2 is 2.15 bits per heavy atom. The molecule has 0 bridgehead atoms. The molecule has 0 saturated heterocycles. The summed E-state index contributed by atoms with van der Waals surface area (Å²) in [5.74, 6) is 1.00. The van der Waals surface area contributed by atoms with Gasteiger partial charge in [-0.2, -0.15) is 0 Å². The molecule has 3 rings (SSSR count). The predicted octanol–water partition coefficient (Wildman–Crippen LogP) is 2.24. The number of hydrogen-bond donors (Lipinski definition) is 1. The maximum absolute atomic E-state index is 4.69. The zero-order valence-electron chi connectivity index (χ0n) is 11.5. The predicted molar refractivity (Wildman–Crippen MR) is 84.2 cm³/mol. The van der Waals surface area contributed by atoms with E-state index < -0.39 is 0 Å². The smallest absolute Gasteiger partial charge is 0.193 e. The lowest BCUT2D eigenvalue weighted by atomic mass is 10.2. The molecular weight excluding hydrogens is 268 g/mol. The van der Waals surface area contributed by atoms with Crippen LogP contribution in [0.15, 0.2) is 40.7 Å². The third-order valence-corrected chi connectivity index (χ3v) is 4.24. The van der Waals surface area contributed by atoms with E-state index in [-0.39, 0.29) is 0 Å². The van der Waals surface area contributed by atoms with Crippen LogP contribution in [-0.2, 0) is 6.42 Å². The summed E-state index contributed by atoms with van der Waals surface area (Å²) < 4.78 is 0. The van der Waals surface area contributed by atoms with Crippen LogP contribution < -0.4 is 5.32 Å². The fraction of sp³-hybridized carbons (Fsp3) is 0.333. The number of nitrogens with zero attached hydrogens (tertiary/aromatic N) is 3.